The molecule has 0 radical (unpaired) electrons. The van der Waals surface area contributed by atoms with E-state index in [-0.39, 0.29) is 12.4 Å². The van der Waals surface area contributed by atoms with E-state index in [4.69, 9.17) is 0 Å². The van der Waals surface area contributed by atoms with Gasteiger partial charge in [-0.1, -0.05) is 73.9 Å². The number of aromatic nitrogens is 1. The highest BCUT2D eigenvalue weighted by atomic mass is 35.5. The molecule has 0 atom stereocenters. The van der Waals surface area contributed by atoms with Crippen molar-refractivity contribution in [2.75, 3.05) is 18.0 Å². The number of nitrogens with zero attached hydrogens (tertiary/aromatic N) is 2. The molecule has 4 nitrogen and oxygen atoms in total. The number of carboxylic acids is 1. The predicted molar refractivity (Wildman–Crippen MR) is 150 cm³/mol. The van der Waals surface area contributed by atoms with Crippen molar-refractivity contribution < 1.29 is 9.90 Å². The van der Waals surface area contributed by atoms with Crippen molar-refractivity contribution in [3.8, 4) is 11.3 Å². The van der Waals surface area contributed by atoms with Crippen molar-refractivity contribution in [1.29, 1.82) is 0 Å². The zero-order valence-electron chi connectivity index (χ0n) is 20.5. The van der Waals surface area contributed by atoms with Gasteiger partial charge in [-0.25, -0.2) is 4.79 Å². The second kappa shape index (κ2) is 10.4. The minimum absolute atomic E-state index is 0. The van der Waals surface area contributed by atoms with E-state index in [1.807, 2.05) is 6.07 Å². The zero-order chi connectivity index (χ0) is 23.8. The molecule has 0 bridgehead atoms. The van der Waals surface area contributed by atoms with Gasteiger partial charge in [-0.05, 0) is 54.5 Å². The zero-order valence-corrected chi connectivity index (χ0v) is 21.3. The molecule has 0 spiro atoms. The molecular formula is C31H33ClN2O2. The summed E-state index contributed by atoms with van der Waals surface area (Å²) < 4.78 is 2.42. The third-order valence-corrected chi connectivity index (χ3v) is 7.97. The van der Waals surface area contributed by atoms with Gasteiger partial charge in [-0.2, -0.15) is 0 Å². The highest BCUT2D eigenvalue weighted by Gasteiger charge is 2.30. The summed E-state index contributed by atoms with van der Waals surface area (Å²) in [4.78, 5) is 14.4. The molecule has 6 rings (SSSR count). The van der Waals surface area contributed by atoms with Crippen LogP contribution in [0.15, 0.2) is 72.8 Å². The van der Waals surface area contributed by atoms with E-state index in [0.717, 1.165) is 31.6 Å². The number of hydrogen-bond acceptors (Lipinski definition) is 2. The lowest BCUT2D eigenvalue weighted by Gasteiger charge is -2.26. The second-order valence-electron chi connectivity index (χ2n) is 10.0. The van der Waals surface area contributed by atoms with Gasteiger partial charge in [0.25, 0.3) is 0 Å². The fourth-order valence-electron chi connectivity index (χ4n) is 6.27. The summed E-state index contributed by atoms with van der Waals surface area (Å²) in [6.45, 7) is 2.72. The summed E-state index contributed by atoms with van der Waals surface area (Å²) in [5.74, 6) is -0.331. The van der Waals surface area contributed by atoms with Crippen LogP contribution in [0.4, 0.5) is 5.69 Å². The lowest BCUT2D eigenvalue weighted by Crippen LogP contribution is -2.28. The van der Waals surface area contributed by atoms with Crippen LogP contribution in [0.25, 0.3) is 22.2 Å². The van der Waals surface area contributed by atoms with Gasteiger partial charge in [0.15, 0.2) is 0 Å². The van der Waals surface area contributed by atoms with Gasteiger partial charge < -0.3 is 14.6 Å². The summed E-state index contributed by atoms with van der Waals surface area (Å²) in [6.07, 6.45) is 7.30. The second-order valence-corrected chi connectivity index (χ2v) is 10.0. The maximum Gasteiger partial charge on any atom is 0.335 e. The molecule has 2 heterocycles. The van der Waals surface area contributed by atoms with Gasteiger partial charge in [0.1, 0.15) is 0 Å². The van der Waals surface area contributed by atoms with Gasteiger partial charge in [-0.15, -0.1) is 12.4 Å². The van der Waals surface area contributed by atoms with Gasteiger partial charge in [0.2, 0.25) is 0 Å². The number of halogens is 1. The largest absolute Gasteiger partial charge is 0.478 e. The molecular weight excluding hydrogens is 468 g/mol. The van der Waals surface area contributed by atoms with Crippen LogP contribution in [0.5, 0.6) is 0 Å². The lowest BCUT2D eigenvalue weighted by molar-refractivity contribution is 0.0697. The molecule has 0 amide bonds. The van der Waals surface area contributed by atoms with Gasteiger partial charge in [-0.3, -0.25) is 0 Å². The van der Waals surface area contributed by atoms with E-state index >= 15 is 0 Å². The fourth-order valence-corrected chi connectivity index (χ4v) is 6.27. The van der Waals surface area contributed by atoms with Crippen LogP contribution in [0.1, 0.15) is 59.5 Å². The van der Waals surface area contributed by atoms with Gasteiger partial charge >= 0.3 is 5.97 Å². The van der Waals surface area contributed by atoms with Crippen molar-refractivity contribution in [1.82, 2.24) is 4.57 Å². The first-order valence-corrected chi connectivity index (χ1v) is 13.0. The number of carboxylic acid groups (broad SMARTS) is 1. The van der Waals surface area contributed by atoms with E-state index in [0.29, 0.717) is 11.5 Å². The maximum absolute atomic E-state index is 11.8. The minimum atomic E-state index is -0.861. The highest BCUT2D eigenvalue weighted by molar-refractivity contribution is 5.99. The normalized spacial score (nSPS) is 15.6. The number of fused-ring (bicyclic) bond motifs is 5. The molecule has 0 saturated heterocycles. The van der Waals surface area contributed by atoms with E-state index in [9.17, 15) is 9.90 Å². The highest BCUT2D eigenvalue weighted by Crippen LogP contribution is 2.47. The molecule has 1 aliphatic heterocycles. The number of carbonyl (C=O) groups is 1. The van der Waals surface area contributed by atoms with Crippen molar-refractivity contribution in [3.05, 3.63) is 89.5 Å². The quantitative estimate of drug-likeness (QED) is 0.308. The van der Waals surface area contributed by atoms with Crippen molar-refractivity contribution >= 4 is 35.0 Å². The van der Waals surface area contributed by atoms with Gasteiger partial charge in [0.05, 0.1) is 11.3 Å². The number of benzene rings is 3. The Balaban J connectivity index is 0.00000267. The number of hydrogen-bond donors (Lipinski definition) is 1. The van der Waals surface area contributed by atoms with Crippen LogP contribution in [0.3, 0.4) is 0 Å². The Hall–Kier alpha value is -3.24. The third-order valence-electron chi connectivity index (χ3n) is 7.97. The standard InChI is InChI=1S/C31H32N2O2.ClH/c34-31(35)24-15-16-25-28(21-24)33-20-19-32(18-17-22-9-3-1-4-10-22)27-14-8-7-13-26(27)30(33)29(25)23-11-5-2-6-12-23;/h1,3-4,7-10,13-16,21,23H,2,5-6,11-12,17-20H2,(H,34,35);1H. The molecule has 186 valence electrons. The number of anilines is 1. The number of rotatable bonds is 5. The first-order chi connectivity index (χ1) is 17.2. The van der Waals surface area contributed by atoms with E-state index in [1.54, 1.807) is 6.07 Å². The summed E-state index contributed by atoms with van der Waals surface area (Å²) >= 11 is 0. The molecule has 1 saturated carbocycles. The van der Waals surface area contributed by atoms with Crippen LogP contribution < -0.4 is 4.90 Å². The molecule has 2 aliphatic rings. The van der Waals surface area contributed by atoms with Crippen LogP contribution >= 0.6 is 12.4 Å². The minimum Gasteiger partial charge on any atom is -0.478 e. The van der Waals surface area contributed by atoms with Crippen LogP contribution in [0.2, 0.25) is 0 Å². The van der Waals surface area contributed by atoms with Crippen LogP contribution in [0, 0.1) is 0 Å². The summed E-state index contributed by atoms with van der Waals surface area (Å²) in [7, 11) is 0. The monoisotopic (exact) mass is 500 g/mol. The first kappa shape index (κ1) is 24.5. The van der Waals surface area contributed by atoms with Crippen LogP contribution in [-0.4, -0.2) is 28.7 Å². The van der Waals surface area contributed by atoms with E-state index < -0.39 is 5.97 Å². The van der Waals surface area contributed by atoms with E-state index in [1.165, 1.54) is 65.6 Å². The predicted octanol–water partition coefficient (Wildman–Crippen LogP) is 7.54. The third kappa shape index (κ3) is 4.39. The Labute approximate surface area is 219 Å². The Bertz CT molecular complexity index is 1370. The Morgan fingerprint density at radius 1 is 0.889 bits per heavy atom. The van der Waals surface area contributed by atoms with Crippen molar-refractivity contribution in [2.24, 2.45) is 0 Å². The smallest absolute Gasteiger partial charge is 0.335 e. The average molecular weight is 501 g/mol. The fraction of sp³-hybridized carbons (Fsp3) is 0.323. The summed E-state index contributed by atoms with van der Waals surface area (Å²) in [6, 6.07) is 25.3. The topological polar surface area (TPSA) is 45.5 Å². The summed E-state index contributed by atoms with van der Waals surface area (Å²) in [5, 5.41) is 11.0. The molecule has 3 aromatic carbocycles. The number of para-hydroxylation sites is 1. The Morgan fingerprint density at radius 3 is 2.42 bits per heavy atom. The first-order valence-electron chi connectivity index (χ1n) is 13.0. The lowest BCUT2D eigenvalue weighted by atomic mass is 9.81. The molecule has 0 unspecified atom stereocenters. The van der Waals surface area contributed by atoms with E-state index in [2.05, 4.69) is 70.1 Å². The Morgan fingerprint density at radius 2 is 1.64 bits per heavy atom. The van der Waals surface area contributed by atoms with Crippen molar-refractivity contribution in [3.63, 3.8) is 0 Å². The molecule has 5 heteroatoms. The average Bonchev–Trinajstić information content (AvgIpc) is 3.14. The molecule has 36 heavy (non-hydrogen) atoms. The number of aromatic carboxylic acids is 1. The van der Waals surface area contributed by atoms with Crippen LogP contribution in [-0.2, 0) is 13.0 Å². The van der Waals surface area contributed by atoms with Crippen molar-refractivity contribution in [2.45, 2.75) is 51.0 Å². The maximum atomic E-state index is 11.8. The molecule has 4 aromatic rings. The van der Waals surface area contributed by atoms with Gasteiger partial charge in [0, 0.05) is 41.8 Å². The Kier molecular flexibility index (Phi) is 7.06. The molecule has 1 N–H and O–H groups in total. The summed E-state index contributed by atoms with van der Waals surface area (Å²) in [5.41, 5.74) is 8.12. The molecule has 1 aliphatic carbocycles. The molecule has 1 fully saturated rings. The SMILES string of the molecule is Cl.O=C(O)c1ccc2c(C3CCCCC3)c3n(c2c1)CCN(CCc1ccccc1)c1ccccc1-3. The molecule has 1 aromatic heterocycles.